The van der Waals surface area contributed by atoms with E-state index in [1.54, 1.807) is 31.2 Å². The van der Waals surface area contributed by atoms with Gasteiger partial charge in [0.25, 0.3) is 0 Å². The lowest BCUT2D eigenvalue weighted by atomic mass is 10.00. The molecule has 0 amide bonds. The molecule has 10 nitrogen and oxygen atoms in total. The molecule has 28 heavy (non-hydrogen) atoms. The van der Waals surface area contributed by atoms with Crippen LogP contribution in [0, 0.1) is 0 Å². The number of nitrogens with zero attached hydrogens (tertiary/aromatic N) is 5. The molecule has 0 atom stereocenters. The first kappa shape index (κ1) is 16.3. The third-order valence-electron chi connectivity index (χ3n) is 4.45. The van der Waals surface area contributed by atoms with Crippen molar-refractivity contribution in [2.24, 2.45) is 7.05 Å². The van der Waals surface area contributed by atoms with Gasteiger partial charge in [-0.3, -0.25) is 0 Å². The minimum Gasteiger partial charge on any atom is -0.493 e. The van der Waals surface area contributed by atoms with E-state index in [0.717, 1.165) is 22.3 Å². The molecule has 2 aromatic carbocycles. The number of ether oxygens (including phenoxy) is 1. The molecule has 0 saturated heterocycles. The van der Waals surface area contributed by atoms with Crippen LogP contribution in [0.5, 0.6) is 17.2 Å². The van der Waals surface area contributed by atoms with Crippen LogP contribution in [0.4, 0.5) is 0 Å². The normalized spacial score (nSPS) is 12.4. The quantitative estimate of drug-likeness (QED) is 0.572. The van der Waals surface area contributed by atoms with E-state index in [4.69, 9.17) is 18.9 Å². The van der Waals surface area contributed by atoms with Gasteiger partial charge in [-0.15, -0.1) is 5.10 Å². The predicted octanol–water partition coefficient (Wildman–Crippen LogP) is 2.40. The van der Waals surface area contributed by atoms with E-state index in [0.29, 0.717) is 28.8 Å². The average molecular weight is 378 g/mol. The van der Waals surface area contributed by atoms with Crippen LogP contribution >= 0.6 is 0 Å². The molecule has 0 bridgehead atoms. The number of fused-ring (bicyclic) bond motifs is 1. The van der Waals surface area contributed by atoms with Crippen LogP contribution in [0.3, 0.4) is 0 Å². The van der Waals surface area contributed by atoms with Crippen LogP contribution in [-0.4, -0.2) is 32.5 Å². The molecule has 1 aliphatic heterocycles. The van der Waals surface area contributed by atoms with Gasteiger partial charge in [0.2, 0.25) is 11.5 Å². The number of tetrazole rings is 1. The Balaban J connectivity index is 1.55. The number of aromatic nitrogens is 5. The highest BCUT2D eigenvalue weighted by Crippen LogP contribution is 2.44. The second-order valence-electron chi connectivity index (χ2n) is 6.07. The topological polar surface area (TPSA) is 109 Å². The maximum absolute atomic E-state index is 5.39. The molecule has 0 radical (unpaired) electrons. The lowest BCUT2D eigenvalue weighted by Gasteiger charge is -2.07. The Morgan fingerprint density at radius 3 is 2.61 bits per heavy atom. The minimum absolute atomic E-state index is 0.484. The Bertz CT molecular complexity index is 1150. The number of hydrogen-bond acceptors (Lipinski definition) is 9. The molecule has 0 aliphatic carbocycles. The van der Waals surface area contributed by atoms with Gasteiger partial charge in [-0.2, -0.15) is 0 Å². The first-order chi connectivity index (χ1) is 13.7. The van der Waals surface area contributed by atoms with Crippen molar-refractivity contribution >= 4 is 0 Å². The Labute approximate surface area is 158 Å². The summed E-state index contributed by atoms with van der Waals surface area (Å²) < 4.78 is 12.3. The number of benzene rings is 2. The largest absolute Gasteiger partial charge is 0.493 e. The van der Waals surface area contributed by atoms with Crippen molar-refractivity contribution in [3.63, 3.8) is 0 Å². The summed E-state index contributed by atoms with van der Waals surface area (Å²) in [5.74, 6) is 2.20. The average Bonchev–Trinajstić information content (AvgIpc) is 3.47. The first-order valence-electron chi connectivity index (χ1n) is 8.33. The Morgan fingerprint density at radius 1 is 1.04 bits per heavy atom. The van der Waals surface area contributed by atoms with Gasteiger partial charge in [0.1, 0.15) is 12.0 Å². The van der Waals surface area contributed by atoms with Gasteiger partial charge in [-0.1, -0.05) is 29.4 Å². The molecule has 0 spiro atoms. The number of aryl methyl sites for hydroxylation is 1. The fraction of sp³-hybridized carbons (Fsp3) is 0.111. The zero-order valence-corrected chi connectivity index (χ0v) is 14.9. The number of methoxy groups -OCH3 is 1. The molecular weight excluding hydrogens is 364 g/mol. The van der Waals surface area contributed by atoms with Crippen LogP contribution in [0.15, 0.2) is 47.2 Å². The lowest BCUT2D eigenvalue weighted by Crippen LogP contribution is -2.14. The van der Waals surface area contributed by atoms with Gasteiger partial charge in [-0.25, -0.2) is 4.68 Å². The molecule has 4 aromatic rings. The maximum Gasteiger partial charge on any atom is 0.237 e. The monoisotopic (exact) mass is 378 g/mol. The van der Waals surface area contributed by atoms with E-state index in [1.807, 2.05) is 30.3 Å². The number of nitrogens with one attached hydrogen (secondary N) is 1. The number of rotatable bonds is 4. The Morgan fingerprint density at radius 2 is 1.86 bits per heavy atom. The summed E-state index contributed by atoms with van der Waals surface area (Å²) in [6, 6.07) is 11.4. The van der Waals surface area contributed by atoms with Gasteiger partial charge in [0, 0.05) is 29.4 Å². The molecule has 140 valence electrons. The summed E-state index contributed by atoms with van der Waals surface area (Å²) in [4.78, 5) is 10.5. The van der Waals surface area contributed by atoms with Crippen molar-refractivity contribution in [3.8, 4) is 51.0 Å². The lowest BCUT2D eigenvalue weighted by molar-refractivity contribution is 0.0248. The molecule has 0 unspecified atom stereocenters. The third-order valence-corrected chi connectivity index (χ3v) is 4.45. The number of hydrogen-bond donors (Lipinski definition) is 1. The first-order valence-corrected chi connectivity index (χ1v) is 8.33. The van der Waals surface area contributed by atoms with Gasteiger partial charge < -0.3 is 18.9 Å². The highest BCUT2D eigenvalue weighted by Gasteiger charge is 2.24. The van der Waals surface area contributed by atoms with E-state index >= 15 is 0 Å². The van der Waals surface area contributed by atoms with Crippen molar-refractivity contribution in [2.75, 3.05) is 7.11 Å². The summed E-state index contributed by atoms with van der Waals surface area (Å²) in [6.45, 7) is 0. The molecular formula is C18H14N6O4. The summed E-state index contributed by atoms with van der Waals surface area (Å²) in [7, 11) is 3.36. The molecule has 2 aromatic heterocycles. The van der Waals surface area contributed by atoms with Crippen LogP contribution in [0.25, 0.3) is 33.8 Å². The third kappa shape index (κ3) is 2.55. The highest BCUT2D eigenvalue weighted by atomic mass is 16.9. The molecule has 5 rings (SSSR count). The fourth-order valence-electron chi connectivity index (χ4n) is 3.07. The molecule has 0 saturated carbocycles. The van der Waals surface area contributed by atoms with Crippen LogP contribution < -0.4 is 20.1 Å². The van der Waals surface area contributed by atoms with Crippen molar-refractivity contribution in [3.05, 3.63) is 42.7 Å². The van der Waals surface area contributed by atoms with E-state index in [9.17, 15) is 0 Å². The zero-order valence-electron chi connectivity index (χ0n) is 14.9. The Hall–Kier alpha value is -3.92. The molecule has 3 heterocycles. The highest BCUT2D eigenvalue weighted by molar-refractivity contribution is 5.82. The van der Waals surface area contributed by atoms with Crippen molar-refractivity contribution in [2.45, 2.75) is 0 Å². The smallest absolute Gasteiger partial charge is 0.237 e. The zero-order chi connectivity index (χ0) is 19.1. The molecule has 1 N–H and O–H groups in total. The summed E-state index contributed by atoms with van der Waals surface area (Å²) >= 11 is 0. The standard InChI is InChI=1S/C18H14N6O4/c1-24-18(19-21-22-24)11-5-3-10(4-6-11)13-9-26-20-16(13)12-7-14(25-2)17-15(8-12)27-23-28-17/h3-9,23H,1-2H3. The SMILES string of the molecule is COc1cc(-c2nocc2-c2ccc(-c3nnnn3C)cc2)cc2c1ONO2. The predicted molar refractivity (Wildman–Crippen MR) is 96.1 cm³/mol. The maximum atomic E-state index is 5.39. The van der Waals surface area contributed by atoms with Gasteiger partial charge in [0.05, 0.1) is 7.11 Å². The van der Waals surface area contributed by atoms with Crippen molar-refractivity contribution < 1.29 is 18.9 Å². The summed E-state index contributed by atoms with van der Waals surface area (Å²) in [6.07, 6.45) is 1.60. The second-order valence-corrected chi connectivity index (χ2v) is 6.07. The van der Waals surface area contributed by atoms with Crippen LogP contribution in [0.1, 0.15) is 0 Å². The van der Waals surface area contributed by atoms with Crippen LogP contribution in [-0.2, 0) is 7.05 Å². The minimum atomic E-state index is 0.484. The van der Waals surface area contributed by atoms with E-state index in [1.165, 1.54) is 0 Å². The van der Waals surface area contributed by atoms with Crippen molar-refractivity contribution in [1.82, 2.24) is 31.0 Å². The summed E-state index contributed by atoms with van der Waals surface area (Å²) in [5, 5.41) is 15.7. The van der Waals surface area contributed by atoms with Crippen LogP contribution in [0.2, 0.25) is 0 Å². The van der Waals surface area contributed by atoms with Gasteiger partial charge >= 0.3 is 0 Å². The molecule has 0 fully saturated rings. The van der Waals surface area contributed by atoms with Gasteiger partial charge in [-0.05, 0) is 28.1 Å². The van der Waals surface area contributed by atoms with E-state index in [-0.39, 0.29) is 0 Å². The van der Waals surface area contributed by atoms with Gasteiger partial charge in [0.15, 0.2) is 11.6 Å². The van der Waals surface area contributed by atoms with E-state index in [2.05, 4.69) is 26.3 Å². The van der Waals surface area contributed by atoms with E-state index < -0.39 is 0 Å². The summed E-state index contributed by atoms with van der Waals surface area (Å²) in [5.41, 5.74) is 6.46. The molecule has 1 aliphatic rings. The second kappa shape index (κ2) is 6.35. The molecule has 10 heteroatoms. The fourth-order valence-corrected chi connectivity index (χ4v) is 3.07. The Kier molecular flexibility index (Phi) is 3.69. The van der Waals surface area contributed by atoms with Crippen molar-refractivity contribution in [1.29, 1.82) is 0 Å².